The van der Waals surface area contributed by atoms with Gasteiger partial charge in [0.25, 0.3) is 0 Å². The Kier molecular flexibility index (Phi) is 7.10. The lowest BCUT2D eigenvalue weighted by Crippen LogP contribution is -2.37. The lowest BCUT2D eigenvalue weighted by atomic mass is 10.1. The Hall–Kier alpha value is -1.75. The van der Waals surface area contributed by atoms with Crippen molar-refractivity contribution in [1.82, 2.24) is 14.9 Å². The number of amides is 1. The summed E-state index contributed by atoms with van der Waals surface area (Å²) in [6, 6.07) is 10.8. The average molecular weight is 453 g/mol. The Morgan fingerprint density at radius 2 is 1.79 bits per heavy atom. The van der Waals surface area contributed by atoms with E-state index in [1.54, 1.807) is 12.1 Å². The SMILES string of the molecule is CCC[C@@H](C(=O)NC(C)C)n1c(Cc2ccccc2Cl)nc2cc(Cl)c(Cl)cc21. The highest BCUT2D eigenvalue weighted by molar-refractivity contribution is 6.42. The van der Waals surface area contributed by atoms with E-state index in [2.05, 4.69) is 12.2 Å². The van der Waals surface area contributed by atoms with E-state index in [9.17, 15) is 4.79 Å². The Labute approximate surface area is 186 Å². The second-order valence-electron chi connectivity index (χ2n) is 7.39. The molecule has 3 rings (SSSR count). The number of nitrogens with zero attached hydrogens (tertiary/aromatic N) is 2. The molecule has 0 saturated heterocycles. The van der Waals surface area contributed by atoms with Gasteiger partial charge in [-0.05, 0) is 44.0 Å². The van der Waals surface area contributed by atoms with Crippen LogP contribution < -0.4 is 5.32 Å². The number of benzene rings is 2. The highest BCUT2D eigenvalue weighted by Gasteiger charge is 2.26. The van der Waals surface area contributed by atoms with Crippen LogP contribution >= 0.6 is 34.8 Å². The number of nitrogens with one attached hydrogen (secondary N) is 1. The van der Waals surface area contributed by atoms with Crippen molar-refractivity contribution in [3.8, 4) is 0 Å². The molecule has 1 atom stereocenters. The molecule has 3 aromatic rings. The molecule has 154 valence electrons. The smallest absolute Gasteiger partial charge is 0.243 e. The molecule has 0 bridgehead atoms. The molecule has 0 unspecified atom stereocenters. The first-order valence-electron chi connectivity index (χ1n) is 9.71. The van der Waals surface area contributed by atoms with Crippen molar-refractivity contribution >= 4 is 51.7 Å². The average Bonchev–Trinajstić information content (AvgIpc) is 2.98. The molecule has 0 radical (unpaired) electrons. The fourth-order valence-corrected chi connectivity index (χ4v) is 3.97. The number of hydrogen-bond acceptors (Lipinski definition) is 2. The first kappa shape index (κ1) is 21.9. The normalized spacial score (nSPS) is 12.5. The summed E-state index contributed by atoms with van der Waals surface area (Å²) in [5.74, 6) is 0.719. The summed E-state index contributed by atoms with van der Waals surface area (Å²) in [5, 5.41) is 4.58. The van der Waals surface area contributed by atoms with Gasteiger partial charge in [-0.25, -0.2) is 4.98 Å². The van der Waals surface area contributed by atoms with E-state index in [-0.39, 0.29) is 11.9 Å². The highest BCUT2D eigenvalue weighted by Crippen LogP contribution is 2.33. The molecular formula is C22H24Cl3N3O. The van der Waals surface area contributed by atoms with Crippen molar-refractivity contribution in [3.05, 3.63) is 62.9 Å². The fraction of sp³-hybridized carbons (Fsp3) is 0.364. The number of rotatable bonds is 7. The van der Waals surface area contributed by atoms with Gasteiger partial charge < -0.3 is 9.88 Å². The predicted molar refractivity (Wildman–Crippen MR) is 121 cm³/mol. The first-order chi connectivity index (χ1) is 13.8. The zero-order valence-electron chi connectivity index (χ0n) is 16.7. The summed E-state index contributed by atoms with van der Waals surface area (Å²) in [7, 11) is 0. The van der Waals surface area contributed by atoms with Crippen LogP contribution in [0.1, 0.15) is 51.0 Å². The number of carbonyl (C=O) groups is 1. The molecular weight excluding hydrogens is 429 g/mol. The van der Waals surface area contributed by atoms with Gasteiger partial charge >= 0.3 is 0 Å². The van der Waals surface area contributed by atoms with Gasteiger partial charge in [0.1, 0.15) is 11.9 Å². The monoisotopic (exact) mass is 451 g/mol. The maximum Gasteiger partial charge on any atom is 0.243 e. The predicted octanol–water partition coefficient (Wildman–Crippen LogP) is 6.45. The van der Waals surface area contributed by atoms with Crippen LogP contribution in [0.2, 0.25) is 15.1 Å². The molecule has 1 N–H and O–H groups in total. The minimum absolute atomic E-state index is 0.0346. The van der Waals surface area contributed by atoms with Crippen molar-refractivity contribution in [2.24, 2.45) is 0 Å². The van der Waals surface area contributed by atoms with E-state index in [1.807, 2.05) is 42.7 Å². The molecule has 0 spiro atoms. The van der Waals surface area contributed by atoms with Crippen LogP contribution in [0.25, 0.3) is 11.0 Å². The topological polar surface area (TPSA) is 46.9 Å². The maximum atomic E-state index is 13.1. The minimum atomic E-state index is -0.401. The van der Waals surface area contributed by atoms with Crippen molar-refractivity contribution in [1.29, 1.82) is 0 Å². The van der Waals surface area contributed by atoms with E-state index in [0.29, 0.717) is 33.4 Å². The van der Waals surface area contributed by atoms with Gasteiger partial charge in [0.05, 0.1) is 21.1 Å². The third kappa shape index (κ3) is 4.88. The molecule has 0 aliphatic carbocycles. The third-order valence-electron chi connectivity index (χ3n) is 4.72. The summed E-state index contributed by atoms with van der Waals surface area (Å²) >= 11 is 18.9. The quantitative estimate of drug-likeness (QED) is 0.447. The molecule has 1 heterocycles. The number of carbonyl (C=O) groups excluding carboxylic acids is 1. The van der Waals surface area contributed by atoms with Gasteiger partial charge in [0.15, 0.2) is 0 Å². The zero-order chi connectivity index (χ0) is 21.1. The van der Waals surface area contributed by atoms with Crippen molar-refractivity contribution in [2.75, 3.05) is 0 Å². The van der Waals surface area contributed by atoms with E-state index < -0.39 is 6.04 Å². The van der Waals surface area contributed by atoms with Crippen LogP contribution in [-0.4, -0.2) is 21.5 Å². The van der Waals surface area contributed by atoms with E-state index >= 15 is 0 Å². The van der Waals surface area contributed by atoms with Crippen LogP contribution in [0.5, 0.6) is 0 Å². The van der Waals surface area contributed by atoms with Crippen LogP contribution in [0.3, 0.4) is 0 Å². The van der Waals surface area contributed by atoms with Crippen molar-refractivity contribution < 1.29 is 4.79 Å². The van der Waals surface area contributed by atoms with Gasteiger partial charge in [0, 0.05) is 17.5 Å². The summed E-state index contributed by atoms with van der Waals surface area (Å²) in [6.45, 7) is 5.97. The highest BCUT2D eigenvalue weighted by atomic mass is 35.5. The number of aromatic nitrogens is 2. The standard InChI is InChI=1S/C22H24Cl3N3O/c1-4-7-19(22(29)26-13(2)3)28-20-12-17(25)16(24)11-18(20)27-21(28)10-14-8-5-6-9-15(14)23/h5-6,8-9,11-13,19H,4,7,10H2,1-3H3,(H,26,29)/t19-/m0/s1. The molecule has 2 aromatic carbocycles. The van der Waals surface area contributed by atoms with Crippen molar-refractivity contribution in [3.63, 3.8) is 0 Å². The van der Waals surface area contributed by atoms with Gasteiger partial charge in [-0.15, -0.1) is 0 Å². The molecule has 0 aliphatic heterocycles. The van der Waals surface area contributed by atoms with Gasteiger partial charge in [-0.2, -0.15) is 0 Å². The molecule has 0 aliphatic rings. The summed E-state index contributed by atoms with van der Waals surface area (Å²) < 4.78 is 1.99. The summed E-state index contributed by atoms with van der Waals surface area (Å²) in [4.78, 5) is 17.9. The van der Waals surface area contributed by atoms with E-state index in [0.717, 1.165) is 23.3 Å². The second kappa shape index (κ2) is 9.38. The van der Waals surface area contributed by atoms with Crippen LogP contribution in [0, 0.1) is 0 Å². The van der Waals surface area contributed by atoms with Gasteiger partial charge in [-0.1, -0.05) is 66.3 Å². The number of fused-ring (bicyclic) bond motifs is 1. The molecule has 4 nitrogen and oxygen atoms in total. The summed E-state index contributed by atoms with van der Waals surface area (Å²) in [5.41, 5.74) is 2.45. The second-order valence-corrected chi connectivity index (χ2v) is 8.61. The first-order valence-corrected chi connectivity index (χ1v) is 10.8. The lowest BCUT2D eigenvalue weighted by molar-refractivity contribution is -0.125. The van der Waals surface area contributed by atoms with Crippen LogP contribution in [-0.2, 0) is 11.2 Å². The van der Waals surface area contributed by atoms with Gasteiger partial charge in [0.2, 0.25) is 5.91 Å². The largest absolute Gasteiger partial charge is 0.352 e. The molecule has 1 amide bonds. The van der Waals surface area contributed by atoms with Gasteiger partial charge in [-0.3, -0.25) is 4.79 Å². The third-order valence-corrected chi connectivity index (χ3v) is 5.81. The minimum Gasteiger partial charge on any atom is -0.352 e. The molecule has 0 fully saturated rings. The van der Waals surface area contributed by atoms with Crippen molar-refractivity contribution in [2.45, 2.75) is 52.1 Å². The molecule has 1 aromatic heterocycles. The fourth-order valence-electron chi connectivity index (χ4n) is 3.46. The Bertz CT molecular complexity index is 1030. The zero-order valence-corrected chi connectivity index (χ0v) is 18.9. The van der Waals surface area contributed by atoms with Crippen LogP contribution in [0.15, 0.2) is 36.4 Å². The van der Waals surface area contributed by atoms with E-state index in [1.165, 1.54) is 0 Å². The Morgan fingerprint density at radius 1 is 1.10 bits per heavy atom. The summed E-state index contributed by atoms with van der Waals surface area (Å²) in [6.07, 6.45) is 2.03. The lowest BCUT2D eigenvalue weighted by Gasteiger charge is -2.22. The number of halogens is 3. The molecule has 7 heteroatoms. The van der Waals surface area contributed by atoms with E-state index in [4.69, 9.17) is 39.8 Å². The Morgan fingerprint density at radius 3 is 2.45 bits per heavy atom. The Balaban J connectivity index is 2.19. The molecule has 0 saturated carbocycles. The number of hydrogen-bond donors (Lipinski definition) is 1. The van der Waals surface area contributed by atoms with Crippen LogP contribution in [0.4, 0.5) is 0 Å². The number of imidazole rings is 1. The maximum absolute atomic E-state index is 13.1. The molecule has 29 heavy (non-hydrogen) atoms.